The molecule has 0 saturated heterocycles. The van der Waals surface area contributed by atoms with Gasteiger partial charge in [0.1, 0.15) is 11.7 Å². The van der Waals surface area contributed by atoms with Crippen molar-refractivity contribution in [1.82, 2.24) is 9.78 Å². The molecule has 3 heteroatoms. The highest BCUT2D eigenvalue weighted by Gasteiger charge is 2.43. The molecule has 0 unspecified atom stereocenters. The van der Waals surface area contributed by atoms with Crippen LogP contribution < -0.4 is 4.57 Å². The van der Waals surface area contributed by atoms with Crippen molar-refractivity contribution in [2.75, 3.05) is 0 Å². The van der Waals surface area contributed by atoms with Gasteiger partial charge in [-0.25, -0.2) is 4.57 Å². The Bertz CT molecular complexity index is 835. The minimum Gasteiger partial charge on any atom is -0.227 e. The van der Waals surface area contributed by atoms with Crippen molar-refractivity contribution in [2.45, 2.75) is 25.3 Å². The van der Waals surface area contributed by atoms with Crippen molar-refractivity contribution in [3.63, 3.8) is 0 Å². The van der Waals surface area contributed by atoms with Gasteiger partial charge >= 0.3 is 0 Å². The third kappa shape index (κ3) is 1.68. The van der Waals surface area contributed by atoms with Crippen molar-refractivity contribution in [3.8, 4) is 5.69 Å². The summed E-state index contributed by atoms with van der Waals surface area (Å²) in [6, 6.07) is 19.8. The van der Waals surface area contributed by atoms with Gasteiger partial charge in [0, 0.05) is 17.4 Å². The molecule has 22 heavy (non-hydrogen) atoms. The van der Waals surface area contributed by atoms with E-state index < -0.39 is 0 Å². The van der Waals surface area contributed by atoms with Crippen LogP contribution in [0.15, 0.2) is 60.9 Å². The fourth-order valence-electron chi connectivity index (χ4n) is 4.10. The highest BCUT2D eigenvalue weighted by molar-refractivity contribution is 5.33. The molecule has 5 rings (SSSR count). The van der Waals surface area contributed by atoms with Gasteiger partial charge in [0.2, 0.25) is 6.33 Å². The summed E-state index contributed by atoms with van der Waals surface area (Å²) in [4.78, 5) is 0. The van der Waals surface area contributed by atoms with Crippen molar-refractivity contribution in [2.24, 2.45) is 5.92 Å². The molecule has 0 N–H and O–H groups in total. The predicted octanol–water partition coefficient (Wildman–Crippen LogP) is 2.87. The number of fused-ring (bicyclic) bond motifs is 5. The van der Waals surface area contributed by atoms with E-state index in [-0.39, 0.29) is 0 Å². The SMILES string of the molecule is c1ccc(-n2c[n+]3c(n2)C[C@H]2CCc4ccccc4[C@H]23)cc1. The molecule has 0 bridgehead atoms. The Morgan fingerprint density at radius 1 is 1.00 bits per heavy atom. The second-order valence-electron chi connectivity index (χ2n) is 6.37. The number of benzene rings is 2. The van der Waals surface area contributed by atoms with Gasteiger partial charge in [-0.05, 0) is 36.1 Å². The van der Waals surface area contributed by atoms with Gasteiger partial charge in [-0.1, -0.05) is 47.1 Å². The number of hydrogen-bond donors (Lipinski definition) is 0. The highest BCUT2D eigenvalue weighted by atomic mass is 15.4. The molecule has 1 aliphatic carbocycles. The van der Waals surface area contributed by atoms with E-state index in [9.17, 15) is 0 Å². The lowest BCUT2D eigenvalue weighted by Gasteiger charge is -2.26. The molecule has 0 fully saturated rings. The standard InChI is InChI=1S/C19H18N3/c1-2-7-16(8-3-1)22-13-21-18(20-22)12-15-11-10-14-6-4-5-9-17(14)19(15)21/h1-9,13,15,19H,10-12H2/q+1/t15-,19+/m1/s1. The molecule has 0 saturated carbocycles. The van der Waals surface area contributed by atoms with Crippen LogP contribution in [0.25, 0.3) is 5.69 Å². The third-order valence-corrected chi connectivity index (χ3v) is 5.12. The summed E-state index contributed by atoms with van der Waals surface area (Å²) in [6.45, 7) is 0. The molecule has 3 aromatic rings. The maximum Gasteiger partial charge on any atom is 0.278 e. The van der Waals surface area contributed by atoms with E-state index in [2.05, 4.69) is 59.4 Å². The molecule has 0 spiro atoms. The average Bonchev–Trinajstić information content (AvgIpc) is 3.13. The third-order valence-electron chi connectivity index (χ3n) is 5.12. The Balaban J connectivity index is 1.62. The van der Waals surface area contributed by atoms with E-state index in [0.29, 0.717) is 12.0 Å². The molecule has 2 heterocycles. The number of rotatable bonds is 1. The van der Waals surface area contributed by atoms with Gasteiger partial charge in [0.05, 0.1) is 0 Å². The minimum absolute atomic E-state index is 0.470. The lowest BCUT2D eigenvalue weighted by atomic mass is 9.80. The van der Waals surface area contributed by atoms with E-state index in [4.69, 9.17) is 5.10 Å². The van der Waals surface area contributed by atoms with Crippen LogP contribution >= 0.6 is 0 Å². The van der Waals surface area contributed by atoms with E-state index in [1.54, 1.807) is 0 Å². The topological polar surface area (TPSA) is 21.7 Å². The summed E-state index contributed by atoms with van der Waals surface area (Å²) in [5.74, 6) is 1.93. The van der Waals surface area contributed by atoms with Crippen LogP contribution in [0.5, 0.6) is 0 Å². The minimum atomic E-state index is 0.470. The Kier molecular flexibility index (Phi) is 2.51. The van der Waals surface area contributed by atoms with Crippen LogP contribution in [0, 0.1) is 5.92 Å². The fourth-order valence-corrected chi connectivity index (χ4v) is 4.10. The smallest absolute Gasteiger partial charge is 0.227 e. The number of nitrogens with zero attached hydrogens (tertiary/aromatic N) is 3. The average molecular weight is 288 g/mol. The Labute approximate surface area is 129 Å². The normalized spacial score (nSPS) is 22.0. The summed E-state index contributed by atoms with van der Waals surface area (Å²) in [5, 5.41) is 4.84. The summed E-state index contributed by atoms with van der Waals surface area (Å²) in [6.07, 6.45) is 5.76. The first-order valence-corrected chi connectivity index (χ1v) is 8.03. The number of para-hydroxylation sites is 1. The van der Waals surface area contributed by atoms with Crippen molar-refractivity contribution >= 4 is 0 Å². The summed E-state index contributed by atoms with van der Waals surface area (Å²) in [5.41, 5.74) is 4.14. The van der Waals surface area contributed by atoms with Crippen LogP contribution in [0.1, 0.15) is 29.4 Å². The summed E-state index contributed by atoms with van der Waals surface area (Å²) < 4.78 is 4.42. The summed E-state index contributed by atoms with van der Waals surface area (Å²) >= 11 is 0. The van der Waals surface area contributed by atoms with E-state index >= 15 is 0 Å². The quantitative estimate of drug-likeness (QED) is 0.631. The molecule has 108 valence electrons. The van der Waals surface area contributed by atoms with E-state index in [1.165, 1.54) is 29.8 Å². The maximum atomic E-state index is 4.84. The van der Waals surface area contributed by atoms with Gasteiger partial charge in [0.15, 0.2) is 0 Å². The zero-order chi connectivity index (χ0) is 14.5. The zero-order valence-corrected chi connectivity index (χ0v) is 12.4. The molecule has 2 aromatic carbocycles. The van der Waals surface area contributed by atoms with Crippen LogP contribution in [-0.2, 0) is 12.8 Å². The van der Waals surface area contributed by atoms with Gasteiger partial charge in [-0.3, -0.25) is 0 Å². The number of hydrogen-bond acceptors (Lipinski definition) is 1. The maximum absolute atomic E-state index is 4.84. The van der Waals surface area contributed by atoms with Crippen molar-refractivity contribution in [1.29, 1.82) is 0 Å². The van der Waals surface area contributed by atoms with Crippen molar-refractivity contribution in [3.05, 3.63) is 77.9 Å². The van der Waals surface area contributed by atoms with Gasteiger partial charge < -0.3 is 0 Å². The molecule has 0 amide bonds. The monoisotopic (exact) mass is 288 g/mol. The Morgan fingerprint density at radius 2 is 1.82 bits per heavy atom. The molecule has 3 nitrogen and oxygen atoms in total. The second-order valence-corrected chi connectivity index (χ2v) is 6.37. The second kappa shape index (κ2) is 4.54. The predicted molar refractivity (Wildman–Crippen MR) is 83.9 cm³/mol. The Morgan fingerprint density at radius 3 is 2.73 bits per heavy atom. The van der Waals surface area contributed by atoms with E-state index in [1.807, 2.05) is 10.7 Å². The largest absolute Gasteiger partial charge is 0.278 e. The highest BCUT2D eigenvalue weighted by Crippen LogP contribution is 2.39. The lowest BCUT2D eigenvalue weighted by molar-refractivity contribution is -0.712. The van der Waals surface area contributed by atoms with E-state index in [0.717, 1.165) is 12.1 Å². The van der Waals surface area contributed by atoms with Gasteiger partial charge in [0.25, 0.3) is 5.82 Å². The molecule has 0 radical (unpaired) electrons. The van der Waals surface area contributed by atoms with Gasteiger partial charge in [-0.15, -0.1) is 0 Å². The Hall–Kier alpha value is -2.42. The number of aromatic nitrogens is 3. The zero-order valence-electron chi connectivity index (χ0n) is 12.4. The molecule has 1 aromatic heterocycles. The van der Waals surface area contributed by atoms with Crippen LogP contribution in [0.2, 0.25) is 0 Å². The molecule has 2 aliphatic rings. The molecule has 2 atom stereocenters. The van der Waals surface area contributed by atoms with Crippen LogP contribution in [-0.4, -0.2) is 9.78 Å². The first-order chi connectivity index (χ1) is 10.9. The van der Waals surface area contributed by atoms with Crippen LogP contribution in [0.3, 0.4) is 0 Å². The first-order valence-electron chi connectivity index (χ1n) is 8.03. The van der Waals surface area contributed by atoms with Gasteiger partial charge in [-0.2, -0.15) is 0 Å². The van der Waals surface area contributed by atoms with Crippen molar-refractivity contribution < 1.29 is 4.57 Å². The lowest BCUT2D eigenvalue weighted by Crippen LogP contribution is -2.41. The molecular formula is C19H18N3+. The number of aryl methyl sites for hydroxylation is 1. The fraction of sp³-hybridized carbons (Fsp3) is 0.263. The molecular weight excluding hydrogens is 270 g/mol. The van der Waals surface area contributed by atoms with Crippen LogP contribution in [0.4, 0.5) is 0 Å². The first kappa shape index (κ1) is 12.2. The molecule has 1 aliphatic heterocycles. The summed E-state index contributed by atoms with van der Waals surface area (Å²) in [7, 11) is 0.